The van der Waals surface area contributed by atoms with Crippen LogP contribution in [-0.2, 0) is 9.59 Å². The first-order valence-corrected chi connectivity index (χ1v) is 9.86. The maximum atomic E-state index is 12.0. The summed E-state index contributed by atoms with van der Waals surface area (Å²) in [7, 11) is 0. The predicted octanol–water partition coefficient (Wildman–Crippen LogP) is 3.32. The number of nitriles is 1. The zero-order valence-corrected chi connectivity index (χ0v) is 17.1. The molecule has 0 aliphatic carbocycles. The van der Waals surface area contributed by atoms with E-state index in [-0.39, 0.29) is 0 Å². The van der Waals surface area contributed by atoms with Crippen molar-refractivity contribution in [2.24, 2.45) is 5.10 Å². The number of esters is 1. The number of hydrogen-bond acceptors (Lipinski definition) is 7. The van der Waals surface area contributed by atoms with Gasteiger partial charge in [-0.05, 0) is 72.5 Å². The Morgan fingerprint density at radius 1 is 1.00 bits per heavy atom. The molecule has 1 aromatic heterocycles. The lowest BCUT2D eigenvalue weighted by molar-refractivity contribution is -0.136. The van der Waals surface area contributed by atoms with Gasteiger partial charge >= 0.3 is 17.8 Å². The van der Waals surface area contributed by atoms with Crippen LogP contribution in [0.3, 0.4) is 0 Å². The molecule has 0 bridgehead atoms. The Kier molecular flexibility index (Phi) is 6.88. The highest BCUT2D eigenvalue weighted by Gasteiger charge is 2.14. The maximum absolute atomic E-state index is 12.0. The van der Waals surface area contributed by atoms with Gasteiger partial charge in [0, 0.05) is 5.69 Å². The second-order valence-electron chi connectivity index (χ2n) is 6.17. The third-order valence-corrected chi connectivity index (χ3v) is 4.86. The van der Waals surface area contributed by atoms with E-state index in [2.05, 4.69) is 15.8 Å². The number of nitrogens with zero attached hydrogens (tertiary/aromatic N) is 2. The van der Waals surface area contributed by atoms with Crippen molar-refractivity contribution < 1.29 is 19.1 Å². The highest BCUT2D eigenvalue weighted by Crippen LogP contribution is 2.17. The fraction of sp³-hybridized carbons (Fsp3) is 0.0455. The van der Waals surface area contributed by atoms with E-state index < -0.39 is 17.8 Å². The van der Waals surface area contributed by atoms with Gasteiger partial charge in [-0.3, -0.25) is 9.59 Å². The van der Waals surface area contributed by atoms with Crippen LogP contribution in [0.4, 0.5) is 5.69 Å². The molecular formula is C22H16N4O4S. The van der Waals surface area contributed by atoms with Crippen molar-refractivity contribution in [3.05, 3.63) is 82.0 Å². The van der Waals surface area contributed by atoms with Gasteiger partial charge in [-0.25, -0.2) is 10.2 Å². The van der Waals surface area contributed by atoms with E-state index in [9.17, 15) is 14.4 Å². The smallest absolute Gasteiger partial charge is 0.353 e. The summed E-state index contributed by atoms with van der Waals surface area (Å²) >= 11 is 1.29. The molecule has 0 spiro atoms. The summed E-state index contributed by atoms with van der Waals surface area (Å²) in [6.45, 7) is 1.66. The van der Waals surface area contributed by atoms with Gasteiger partial charge in [0.15, 0.2) is 0 Å². The average molecular weight is 432 g/mol. The number of ether oxygens (including phenoxy) is 1. The van der Waals surface area contributed by atoms with Gasteiger partial charge in [-0.15, -0.1) is 11.3 Å². The number of hydrazone groups is 1. The number of hydrogen-bond donors (Lipinski definition) is 2. The Hall–Kier alpha value is -4.29. The van der Waals surface area contributed by atoms with E-state index in [4.69, 9.17) is 10.00 Å². The Labute approximate surface area is 181 Å². The highest BCUT2D eigenvalue weighted by molar-refractivity contribution is 7.12. The molecule has 9 heteroatoms. The van der Waals surface area contributed by atoms with Gasteiger partial charge in [0.1, 0.15) is 10.6 Å². The predicted molar refractivity (Wildman–Crippen MR) is 116 cm³/mol. The molecule has 2 amide bonds. The average Bonchev–Trinajstić information content (AvgIpc) is 3.33. The van der Waals surface area contributed by atoms with Crippen LogP contribution >= 0.6 is 11.3 Å². The van der Waals surface area contributed by atoms with Crippen molar-refractivity contribution in [3.8, 4) is 11.8 Å². The molecule has 8 nitrogen and oxygen atoms in total. The van der Waals surface area contributed by atoms with Crippen molar-refractivity contribution in [2.75, 3.05) is 5.32 Å². The molecular weight excluding hydrogens is 416 g/mol. The monoisotopic (exact) mass is 432 g/mol. The Bertz CT molecular complexity index is 1160. The molecule has 0 unspecified atom stereocenters. The van der Waals surface area contributed by atoms with Crippen molar-refractivity contribution in [1.29, 1.82) is 5.26 Å². The van der Waals surface area contributed by atoms with E-state index >= 15 is 0 Å². The summed E-state index contributed by atoms with van der Waals surface area (Å²) in [6.07, 6.45) is 0. The number of carbonyl (C=O) groups excluding carboxylic acids is 3. The number of carbonyl (C=O) groups is 3. The molecule has 0 atom stereocenters. The molecule has 3 rings (SSSR count). The van der Waals surface area contributed by atoms with Crippen LogP contribution < -0.4 is 15.5 Å². The summed E-state index contributed by atoms with van der Waals surface area (Å²) in [4.78, 5) is 36.4. The van der Waals surface area contributed by atoms with Crippen LogP contribution in [0, 0.1) is 11.3 Å². The first-order chi connectivity index (χ1) is 15.0. The SMILES string of the molecule is CC(=NNC(=O)C(=O)Nc1ccc(C#N)cc1)c1ccc(OC(=O)c2cccs2)cc1. The molecule has 0 aliphatic heterocycles. The van der Waals surface area contributed by atoms with Crippen LogP contribution in [0.5, 0.6) is 5.75 Å². The first-order valence-electron chi connectivity index (χ1n) is 8.98. The molecule has 0 aliphatic rings. The molecule has 2 aromatic carbocycles. The maximum Gasteiger partial charge on any atom is 0.353 e. The number of anilines is 1. The van der Waals surface area contributed by atoms with Gasteiger partial charge in [0.25, 0.3) is 0 Å². The lowest BCUT2D eigenvalue weighted by Gasteiger charge is -2.06. The first kappa shape index (κ1) is 21.4. The lowest BCUT2D eigenvalue weighted by atomic mass is 10.1. The quantitative estimate of drug-likeness (QED) is 0.211. The number of thiophene rings is 1. The summed E-state index contributed by atoms with van der Waals surface area (Å²) in [5, 5.41) is 16.9. The third-order valence-electron chi connectivity index (χ3n) is 4.01. The number of benzene rings is 2. The summed E-state index contributed by atoms with van der Waals surface area (Å²) in [5.41, 5.74) is 4.14. The van der Waals surface area contributed by atoms with Crippen molar-refractivity contribution in [1.82, 2.24) is 5.43 Å². The molecule has 0 radical (unpaired) electrons. The largest absolute Gasteiger partial charge is 0.422 e. The number of rotatable bonds is 5. The standard InChI is InChI=1S/C22H16N4O4S/c1-14(16-6-10-18(11-7-16)30-22(29)19-3-2-12-31-19)25-26-21(28)20(27)24-17-8-4-15(13-23)5-9-17/h2-12H,1H3,(H,24,27)(H,26,28). The molecule has 2 N–H and O–H groups in total. The topological polar surface area (TPSA) is 121 Å². The van der Waals surface area contributed by atoms with Crippen LogP contribution in [0.2, 0.25) is 0 Å². The second kappa shape index (κ2) is 9.96. The van der Waals surface area contributed by atoms with Crippen molar-refractivity contribution in [2.45, 2.75) is 6.92 Å². The van der Waals surface area contributed by atoms with E-state index in [0.29, 0.717) is 33.2 Å². The summed E-state index contributed by atoms with van der Waals surface area (Å²) in [5.74, 6) is -1.89. The number of nitrogens with one attached hydrogen (secondary N) is 2. The summed E-state index contributed by atoms with van der Waals surface area (Å²) in [6, 6.07) is 18.1. The van der Waals surface area contributed by atoms with E-state index in [1.54, 1.807) is 48.7 Å². The summed E-state index contributed by atoms with van der Waals surface area (Å²) < 4.78 is 5.29. The van der Waals surface area contributed by atoms with Crippen molar-refractivity contribution >= 4 is 40.5 Å². The molecule has 3 aromatic rings. The molecule has 0 saturated heterocycles. The van der Waals surface area contributed by atoms with Gasteiger partial charge in [0.2, 0.25) is 0 Å². The van der Waals surface area contributed by atoms with E-state index in [1.807, 2.05) is 6.07 Å². The minimum absolute atomic E-state index is 0.376. The molecule has 1 heterocycles. The van der Waals surface area contributed by atoms with Crippen LogP contribution in [0.15, 0.2) is 71.1 Å². The van der Waals surface area contributed by atoms with Gasteiger partial charge in [0.05, 0.1) is 17.3 Å². The number of amides is 2. The van der Waals surface area contributed by atoms with Crippen LogP contribution in [0.1, 0.15) is 27.7 Å². The molecule has 31 heavy (non-hydrogen) atoms. The van der Waals surface area contributed by atoms with E-state index in [1.165, 1.54) is 35.6 Å². The zero-order chi connectivity index (χ0) is 22.2. The van der Waals surface area contributed by atoms with Gasteiger partial charge in [-0.1, -0.05) is 6.07 Å². The normalized spacial score (nSPS) is 10.6. The Balaban J connectivity index is 1.55. The molecule has 154 valence electrons. The van der Waals surface area contributed by atoms with E-state index in [0.717, 1.165) is 0 Å². The molecule has 0 fully saturated rings. The lowest BCUT2D eigenvalue weighted by Crippen LogP contribution is -2.32. The minimum atomic E-state index is -0.940. The van der Waals surface area contributed by atoms with Crippen molar-refractivity contribution in [3.63, 3.8) is 0 Å². The fourth-order valence-electron chi connectivity index (χ4n) is 2.38. The fourth-order valence-corrected chi connectivity index (χ4v) is 2.98. The second-order valence-corrected chi connectivity index (χ2v) is 7.12. The van der Waals surface area contributed by atoms with Crippen LogP contribution in [-0.4, -0.2) is 23.5 Å². The Morgan fingerprint density at radius 2 is 1.71 bits per heavy atom. The zero-order valence-electron chi connectivity index (χ0n) is 16.3. The van der Waals surface area contributed by atoms with Gasteiger partial charge < -0.3 is 10.1 Å². The van der Waals surface area contributed by atoms with Crippen LogP contribution in [0.25, 0.3) is 0 Å². The third kappa shape index (κ3) is 5.85. The highest BCUT2D eigenvalue weighted by atomic mass is 32.1. The molecule has 0 saturated carbocycles. The minimum Gasteiger partial charge on any atom is -0.422 e. The Morgan fingerprint density at radius 3 is 2.32 bits per heavy atom. The van der Waals surface area contributed by atoms with Gasteiger partial charge in [-0.2, -0.15) is 10.4 Å².